The molecule has 0 aromatic heterocycles. The second kappa shape index (κ2) is 5.04. The molecule has 19 heavy (non-hydrogen) atoms. The number of aliphatic hydroxyl groups is 1. The topological polar surface area (TPSA) is 23.5 Å². The van der Waals surface area contributed by atoms with Gasteiger partial charge in [-0.15, -0.1) is 0 Å². The third kappa shape index (κ3) is 2.71. The lowest BCUT2D eigenvalue weighted by molar-refractivity contribution is -0.137. The van der Waals surface area contributed by atoms with Crippen molar-refractivity contribution in [1.82, 2.24) is 0 Å². The van der Waals surface area contributed by atoms with Crippen molar-refractivity contribution >= 4 is 5.69 Å². The lowest BCUT2D eigenvalue weighted by Crippen LogP contribution is -2.29. The molecule has 0 bridgehead atoms. The highest BCUT2D eigenvalue weighted by Gasteiger charge is 2.35. The first-order chi connectivity index (χ1) is 8.84. The van der Waals surface area contributed by atoms with Gasteiger partial charge in [0.05, 0.1) is 5.56 Å². The molecule has 0 amide bonds. The highest BCUT2D eigenvalue weighted by Crippen LogP contribution is 2.42. The van der Waals surface area contributed by atoms with Gasteiger partial charge in [-0.1, -0.05) is 0 Å². The summed E-state index contributed by atoms with van der Waals surface area (Å²) in [5.41, 5.74) is 0.957. The van der Waals surface area contributed by atoms with Crippen molar-refractivity contribution in [3.63, 3.8) is 0 Å². The first-order valence-corrected chi connectivity index (χ1v) is 6.43. The summed E-state index contributed by atoms with van der Waals surface area (Å²) in [5, 5.41) is 9.07. The molecule has 1 unspecified atom stereocenters. The number of anilines is 1. The maximum absolute atomic E-state index is 12.8. The van der Waals surface area contributed by atoms with E-state index >= 15 is 0 Å². The van der Waals surface area contributed by atoms with Crippen molar-refractivity contribution < 1.29 is 18.3 Å². The van der Waals surface area contributed by atoms with Gasteiger partial charge in [0.2, 0.25) is 0 Å². The lowest BCUT2D eigenvalue weighted by atomic mass is 9.96. The quantitative estimate of drug-likeness (QED) is 0.912. The molecule has 0 saturated heterocycles. The van der Waals surface area contributed by atoms with Crippen LogP contribution < -0.4 is 4.90 Å². The van der Waals surface area contributed by atoms with Gasteiger partial charge in [0.25, 0.3) is 0 Å². The number of hydrogen-bond acceptors (Lipinski definition) is 2. The van der Waals surface area contributed by atoms with Crippen molar-refractivity contribution in [2.45, 2.75) is 38.4 Å². The molecule has 2 nitrogen and oxygen atoms in total. The zero-order valence-corrected chi connectivity index (χ0v) is 11.0. The van der Waals surface area contributed by atoms with E-state index in [0.29, 0.717) is 18.5 Å². The highest BCUT2D eigenvalue weighted by atomic mass is 19.4. The number of nitrogens with zero attached hydrogens (tertiary/aromatic N) is 1. The Morgan fingerprint density at radius 2 is 2.05 bits per heavy atom. The maximum Gasteiger partial charge on any atom is 0.416 e. The summed E-state index contributed by atoms with van der Waals surface area (Å²) in [7, 11) is 0. The predicted octanol–water partition coefficient (Wildman–Crippen LogP) is 3.40. The van der Waals surface area contributed by atoms with Crippen molar-refractivity contribution in [2.75, 3.05) is 18.1 Å². The maximum atomic E-state index is 12.8. The van der Waals surface area contributed by atoms with Crippen LogP contribution in [0, 0.1) is 0 Å². The van der Waals surface area contributed by atoms with Crippen molar-refractivity contribution in [1.29, 1.82) is 0 Å². The average Bonchev–Trinajstić information content (AvgIpc) is 2.67. The minimum atomic E-state index is -4.32. The van der Waals surface area contributed by atoms with E-state index in [2.05, 4.69) is 4.90 Å². The molecule has 0 aliphatic carbocycles. The molecule has 0 saturated carbocycles. The van der Waals surface area contributed by atoms with Crippen LogP contribution in [0.3, 0.4) is 0 Å². The van der Waals surface area contributed by atoms with E-state index in [9.17, 15) is 13.2 Å². The van der Waals surface area contributed by atoms with Crippen LogP contribution in [0.4, 0.5) is 18.9 Å². The van der Waals surface area contributed by atoms with Crippen LogP contribution in [0.2, 0.25) is 0 Å². The average molecular weight is 273 g/mol. The van der Waals surface area contributed by atoms with Crippen LogP contribution in [-0.2, 0) is 6.18 Å². The molecular weight excluding hydrogens is 255 g/mol. The molecule has 0 fully saturated rings. The van der Waals surface area contributed by atoms with Crippen molar-refractivity contribution in [3.8, 4) is 0 Å². The molecule has 0 spiro atoms. The van der Waals surface area contributed by atoms with Gasteiger partial charge < -0.3 is 10.0 Å². The Labute approximate surface area is 110 Å². The summed E-state index contributed by atoms with van der Waals surface area (Å²) in [5.74, 6) is -0.0234. The summed E-state index contributed by atoms with van der Waals surface area (Å²) in [4.78, 5) is 2.09. The summed E-state index contributed by atoms with van der Waals surface area (Å²) in [6.45, 7) is 4.70. The summed E-state index contributed by atoms with van der Waals surface area (Å²) >= 11 is 0. The number of fused-ring (bicyclic) bond motifs is 1. The molecule has 2 rings (SSSR count). The Bertz CT molecular complexity index is 456. The first-order valence-electron chi connectivity index (χ1n) is 6.43. The lowest BCUT2D eigenvalue weighted by Gasteiger charge is -2.24. The minimum Gasteiger partial charge on any atom is -0.396 e. The predicted molar refractivity (Wildman–Crippen MR) is 68.4 cm³/mol. The molecule has 0 radical (unpaired) electrons. The fourth-order valence-corrected chi connectivity index (χ4v) is 2.65. The summed E-state index contributed by atoms with van der Waals surface area (Å²) in [6.07, 6.45) is -3.82. The van der Waals surface area contributed by atoms with Crippen LogP contribution in [0.15, 0.2) is 18.2 Å². The zero-order chi connectivity index (χ0) is 14.2. The number of hydrogen-bond donors (Lipinski definition) is 1. The van der Waals surface area contributed by atoms with Gasteiger partial charge in [-0.3, -0.25) is 0 Å². The van der Waals surface area contributed by atoms with Gasteiger partial charge >= 0.3 is 6.18 Å². The van der Waals surface area contributed by atoms with Crippen LogP contribution >= 0.6 is 0 Å². The van der Waals surface area contributed by atoms with E-state index in [-0.39, 0.29) is 18.6 Å². The minimum absolute atomic E-state index is 0.00765. The number of alkyl halides is 3. The van der Waals surface area contributed by atoms with Crippen LogP contribution in [-0.4, -0.2) is 24.3 Å². The molecule has 1 aromatic carbocycles. The van der Waals surface area contributed by atoms with Crippen LogP contribution in [0.25, 0.3) is 0 Å². The molecule has 1 atom stereocenters. The van der Waals surface area contributed by atoms with Crippen LogP contribution in [0.1, 0.15) is 37.3 Å². The van der Waals surface area contributed by atoms with Crippen LogP contribution in [0.5, 0.6) is 0 Å². The molecule has 1 aliphatic rings. The van der Waals surface area contributed by atoms with Gasteiger partial charge in [-0.05, 0) is 44.0 Å². The third-order valence-corrected chi connectivity index (χ3v) is 3.62. The molecule has 5 heteroatoms. The van der Waals surface area contributed by atoms with E-state index in [1.54, 1.807) is 6.07 Å². The van der Waals surface area contributed by atoms with E-state index in [1.807, 2.05) is 13.8 Å². The molecular formula is C14H18F3NO. The second-order valence-corrected chi connectivity index (χ2v) is 5.23. The summed E-state index contributed by atoms with van der Waals surface area (Å²) < 4.78 is 38.3. The third-order valence-electron chi connectivity index (χ3n) is 3.62. The Balaban J connectivity index is 2.42. The molecule has 1 aliphatic heterocycles. The van der Waals surface area contributed by atoms with Crippen molar-refractivity contribution in [3.05, 3.63) is 29.3 Å². The Hall–Kier alpha value is -1.23. The fourth-order valence-electron chi connectivity index (χ4n) is 2.65. The number of rotatable bonds is 3. The SMILES string of the molecule is CC(C)N1CC(CCO)c2cc(C(F)(F)F)ccc21. The van der Waals surface area contributed by atoms with E-state index in [0.717, 1.165) is 11.8 Å². The Morgan fingerprint density at radius 1 is 1.37 bits per heavy atom. The molecule has 1 aromatic rings. The van der Waals surface area contributed by atoms with Gasteiger partial charge in [-0.25, -0.2) is 0 Å². The molecule has 1 heterocycles. The Morgan fingerprint density at radius 3 is 2.58 bits per heavy atom. The Kier molecular flexibility index (Phi) is 3.76. The largest absolute Gasteiger partial charge is 0.416 e. The van der Waals surface area contributed by atoms with Gasteiger partial charge in [0.15, 0.2) is 0 Å². The van der Waals surface area contributed by atoms with Gasteiger partial charge in [0.1, 0.15) is 0 Å². The van der Waals surface area contributed by atoms with E-state index < -0.39 is 11.7 Å². The van der Waals surface area contributed by atoms with Crippen molar-refractivity contribution in [2.24, 2.45) is 0 Å². The smallest absolute Gasteiger partial charge is 0.396 e. The van der Waals surface area contributed by atoms with E-state index in [1.165, 1.54) is 6.07 Å². The normalized spacial score (nSPS) is 19.1. The molecule has 1 N–H and O–H groups in total. The van der Waals surface area contributed by atoms with Gasteiger partial charge in [0, 0.05) is 30.8 Å². The second-order valence-electron chi connectivity index (χ2n) is 5.23. The molecule has 106 valence electrons. The number of benzene rings is 1. The van der Waals surface area contributed by atoms with Gasteiger partial charge in [-0.2, -0.15) is 13.2 Å². The monoisotopic (exact) mass is 273 g/mol. The number of aliphatic hydroxyl groups excluding tert-OH is 1. The number of halogens is 3. The summed E-state index contributed by atoms with van der Waals surface area (Å²) in [6, 6.07) is 4.16. The standard InChI is InChI=1S/C14H18F3NO/c1-9(2)18-8-10(5-6-19)12-7-11(14(15,16)17)3-4-13(12)18/h3-4,7,9-10,19H,5-6,8H2,1-2H3. The van der Waals surface area contributed by atoms with E-state index in [4.69, 9.17) is 5.11 Å². The zero-order valence-electron chi connectivity index (χ0n) is 11.0. The fraction of sp³-hybridized carbons (Fsp3) is 0.571. The highest BCUT2D eigenvalue weighted by molar-refractivity contribution is 5.62. The first kappa shape index (κ1) is 14.2.